The number of nitrogens with one attached hydrogen (secondary N) is 2. The zero-order valence-corrected chi connectivity index (χ0v) is 10.5. The van der Waals surface area contributed by atoms with Crippen LogP contribution in [0.4, 0.5) is 5.69 Å². The number of hydrogen-bond acceptors (Lipinski definition) is 4. The van der Waals surface area contributed by atoms with E-state index in [2.05, 4.69) is 10.6 Å². The lowest BCUT2D eigenvalue weighted by molar-refractivity contribution is 0.0665. The normalized spacial score (nSPS) is 16.6. The number of rotatable bonds is 3. The Morgan fingerprint density at radius 3 is 2.84 bits per heavy atom. The van der Waals surface area contributed by atoms with Crippen LogP contribution in [0.1, 0.15) is 23.4 Å². The van der Waals surface area contributed by atoms with E-state index in [4.69, 9.17) is 9.52 Å². The van der Waals surface area contributed by atoms with Crippen LogP contribution in [0.3, 0.4) is 0 Å². The summed E-state index contributed by atoms with van der Waals surface area (Å²) in [5.74, 6) is -1.06. The monoisotopic (exact) mass is 260 g/mol. The number of carboxylic acids is 1. The molecular formula is C14H16N2O3. The van der Waals surface area contributed by atoms with Crippen molar-refractivity contribution in [2.45, 2.75) is 18.9 Å². The van der Waals surface area contributed by atoms with Crippen LogP contribution in [0.2, 0.25) is 0 Å². The predicted molar refractivity (Wildman–Crippen MR) is 72.7 cm³/mol. The molecule has 0 saturated carbocycles. The fourth-order valence-electron chi connectivity index (χ4n) is 2.44. The van der Waals surface area contributed by atoms with Gasteiger partial charge in [0, 0.05) is 17.1 Å². The molecule has 1 aromatic heterocycles. The van der Waals surface area contributed by atoms with Crippen molar-refractivity contribution >= 4 is 22.6 Å². The predicted octanol–water partition coefficient (Wildman–Crippen LogP) is 2.29. The maximum atomic E-state index is 10.9. The van der Waals surface area contributed by atoms with Crippen molar-refractivity contribution in [1.29, 1.82) is 0 Å². The highest BCUT2D eigenvalue weighted by atomic mass is 16.4. The lowest BCUT2D eigenvalue weighted by atomic mass is 10.1. The Labute approximate surface area is 110 Å². The van der Waals surface area contributed by atoms with Crippen LogP contribution in [0.5, 0.6) is 0 Å². The fraction of sp³-hybridized carbons (Fsp3) is 0.357. The Bertz CT molecular complexity index is 600. The van der Waals surface area contributed by atoms with Gasteiger partial charge in [0.1, 0.15) is 5.58 Å². The van der Waals surface area contributed by atoms with Gasteiger partial charge in [0.15, 0.2) is 0 Å². The Morgan fingerprint density at radius 1 is 1.32 bits per heavy atom. The first-order valence-corrected chi connectivity index (χ1v) is 6.46. The highest BCUT2D eigenvalue weighted by Crippen LogP contribution is 2.24. The molecular weight excluding hydrogens is 244 g/mol. The van der Waals surface area contributed by atoms with Gasteiger partial charge in [-0.1, -0.05) is 0 Å². The molecule has 0 amide bonds. The van der Waals surface area contributed by atoms with Gasteiger partial charge in [0.25, 0.3) is 0 Å². The van der Waals surface area contributed by atoms with Crippen LogP contribution >= 0.6 is 0 Å². The average Bonchev–Trinajstić information content (AvgIpc) is 2.83. The molecule has 3 N–H and O–H groups in total. The number of carboxylic acid groups (broad SMARTS) is 1. The van der Waals surface area contributed by atoms with E-state index in [9.17, 15) is 4.79 Å². The highest BCUT2D eigenvalue weighted by molar-refractivity contribution is 5.92. The van der Waals surface area contributed by atoms with Gasteiger partial charge in [-0.3, -0.25) is 0 Å². The number of furan rings is 1. The van der Waals surface area contributed by atoms with Gasteiger partial charge >= 0.3 is 5.97 Å². The molecule has 1 aliphatic heterocycles. The van der Waals surface area contributed by atoms with E-state index in [0.29, 0.717) is 11.6 Å². The number of carbonyl (C=O) groups is 1. The molecule has 0 aliphatic carbocycles. The highest BCUT2D eigenvalue weighted by Gasteiger charge is 2.14. The van der Waals surface area contributed by atoms with E-state index in [-0.39, 0.29) is 5.76 Å². The van der Waals surface area contributed by atoms with Gasteiger partial charge in [0.05, 0.1) is 0 Å². The van der Waals surface area contributed by atoms with Crippen molar-refractivity contribution in [2.75, 3.05) is 18.4 Å². The molecule has 0 atom stereocenters. The molecule has 0 unspecified atom stereocenters. The molecule has 3 rings (SSSR count). The van der Waals surface area contributed by atoms with Gasteiger partial charge < -0.3 is 20.2 Å². The number of hydrogen-bond donors (Lipinski definition) is 3. The first-order valence-electron chi connectivity index (χ1n) is 6.46. The summed E-state index contributed by atoms with van der Waals surface area (Å²) in [6.45, 7) is 2.07. The second-order valence-electron chi connectivity index (χ2n) is 4.84. The molecule has 1 saturated heterocycles. The molecule has 0 bridgehead atoms. The first-order chi connectivity index (χ1) is 9.22. The standard InChI is InChI=1S/C14H16N2O3/c17-14(18)13-8-9-7-11(1-2-12(9)19-13)16-10-3-5-15-6-4-10/h1-2,7-8,10,15-16H,3-6H2,(H,17,18). The van der Waals surface area contributed by atoms with Crippen molar-refractivity contribution in [3.63, 3.8) is 0 Å². The molecule has 2 heterocycles. The summed E-state index contributed by atoms with van der Waals surface area (Å²) in [6, 6.07) is 7.72. The second kappa shape index (κ2) is 4.93. The molecule has 100 valence electrons. The third kappa shape index (κ3) is 2.56. The van der Waals surface area contributed by atoms with E-state index < -0.39 is 5.97 Å². The third-order valence-electron chi connectivity index (χ3n) is 3.44. The van der Waals surface area contributed by atoms with Crippen LogP contribution in [0.25, 0.3) is 11.0 Å². The van der Waals surface area contributed by atoms with Crippen LogP contribution in [0.15, 0.2) is 28.7 Å². The Kier molecular flexibility index (Phi) is 3.13. The van der Waals surface area contributed by atoms with Crippen LogP contribution < -0.4 is 10.6 Å². The third-order valence-corrected chi connectivity index (χ3v) is 3.44. The van der Waals surface area contributed by atoms with Crippen molar-refractivity contribution in [1.82, 2.24) is 5.32 Å². The zero-order chi connectivity index (χ0) is 13.2. The van der Waals surface area contributed by atoms with E-state index in [1.165, 1.54) is 0 Å². The molecule has 1 aromatic carbocycles. The minimum atomic E-state index is -1.04. The minimum absolute atomic E-state index is 0.0194. The number of aromatic carboxylic acids is 1. The first kappa shape index (κ1) is 12.0. The van der Waals surface area contributed by atoms with Gasteiger partial charge in [-0.05, 0) is 50.2 Å². The quantitative estimate of drug-likeness (QED) is 0.789. The van der Waals surface area contributed by atoms with Crippen LogP contribution in [-0.4, -0.2) is 30.2 Å². The maximum absolute atomic E-state index is 10.9. The molecule has 0 spiro atoms. The van der Waals surface area contributed by atoms with E-state index in [1.54, 1.807) is 6.07 Å². The van der Waals surface area contributed by atoms with Gasteiger partial charge in [0.2, 0.25) is 5.76 Å². The largest absolute Gasteiger partial charge is 0.475 e. The van der Waals surface area contributed by atoms with Gasteiger partial charge in [-0.25, -0.2) is 4.79 Å². The van der Waals surface area contributed by atoms with Crippen molar-refractivity contribution in [2.24, 2.45) is 0 Å². The summed E-state index contributed by atoms with van der Waals surface area (Å²) in [7, 11) is 0. The van der Waals surface area contributed by atoms with Gasteiger partial charge in [-0.15, -0.1) is 0 Å². The molecule has 0 radical (unpaired) electrons. The maximum Gasteiger partial charge on any atom is 0.371 e. The SMILES string of the molecule is O=C(O)c1cc2cc(NC3CCNCC3)ccc2o1. The molecule has 5 heteroatoms. The summed E-state index contributed by atoms with van der Waals surface area (Å²) in [4.78, 5) is 10.9. The molecule has 19 heavy (non-hydrogen) atoms. The van der Waals surface area contributed by atoms with E-state index in [0.717, 1.165) is 37.0 Å². The van der Waals surface area contributed by atoms with Crippen molar-refractivity contribution in [3.8, 4) is 0 Å². The number of fused-ring (bicyclic) bond motifs is 1. The van der Waals surface area contributed by atoms with E-state index in [1.807, 2.05) is 18.2 Å². The zero-order valence-electron chi connectivity index (χ0n) is 10.5. The molecule has 5 nitrogen and oxygen atoms in total. The molecule has 2 aromatic rings. The lowest BCUT2D eigenvalue weighted by Crippen LogP contribution is -2.35. The Hall–Kier alpha value is -2.01. The molecule has 1 aliphatic rings. The van der Waals surface area contributed by atoms with Crippen LogP contribution in [0, 0.1) is 0 Å². The van der Waals surface area contributed by atoms with Gasteiger partial charge in [-0.2, -0.15) is 0 Å². The number of benzene rings is 1. The minimum Gasteiger partial charge on any atom is -0.475 e. The smallest absolute Gasteiger partial charge is 0.371 e. The molecule has 1 fully saturated rings. The van der Waals surface area contributed by atoms with Crippen molar-refractivity contribution in [3.05, 3.63) is 30.0 Å². The fourth-order valence-corrected chi connectivity index (χ4v) is 2.44. The Morgan fingerprint density at radius 2 is 2.11 bits per heavy atom. The second-order valence-corrected chi connectivity index (χ2v) is 4.84. The van der Waals surface area contributed by atoms with Crippen LogP contribution in [-0.2, 0) is 0 Å². The summed E-state index contributed by atoms with van der Waals surface area (Å²) in [5.41, 5.74) is 1.62. The Balaban J connectivity index is 1.82. The number of piperidine rings is 1. The average molecular weight is 260 g/mol. The van der Waals surface area contributed by atoms with Crippen molar-refractivity contribution < 1.29 is 14.3 Å². The topological polar surface area (TPSA) is 74.5 Å². The van der Waals surface area contributed by atoms with E-state index >= 15 is 0 Å². The number of anilines is 1. The summed E-state index contributed by atoms with van der Waals surface area (Å²) in [6.07, 6.45) is 2.20. The summed E-state index contributed by atoms with van der Waals surface area (Å²) in [5, 5.41) is 16.5. The summed E-state index contributed by atoms with van der Waals surface area (Å²) >= 11 is 0. The lowest BCUT2D eigenvalue weighted by Gasteiger charge is -2.24. The summed E-state index contributed by atoms with van der Waals surface area (Å²) < 4.78 is 5.24.